The maximum absolute atomic E-state index is 12.7. The van der Waals surface area contributed by atoms with Crippen LogP contribution < -0.4 is 5.32 Å². The molecule has 1 aliphatic rings. The second-order valence-corrected chi connectivity index (χ2v) is 7.73. The van der Waals surface area contributed by atoms with Gasteiger partial charge in [-0.3, -0.25) is 4.90 Å². The first-order valence-electron chi connectivity index (χ1n) is 9.92. The molecule has 6 heteroatoms. The minimum Gasteiger partial charge on any atom is -0.468 e. The molecule has 1 atom stereocenters. The Morgan fingerprint density at radius 3 is 2.75 bits per heavy atom. The summed E-state index contributed by atoms with van der Waals surface area (Å²) in [5.41, 5.74) is 2.56. The van der Waals surface area contributed by atoms with E-state index in [9.17, 15) is 4.79 Å². The van der Waals surface area contributed by atoms with Crippen LogP contribution in [0.25, 0.3) is 10.9 Å². The molecule has 1 aromatic carbocycles. The number of nitrogens with one attached hydrogen (secondary N) is 2. The van der Waals surface area contributed by atoms with Crippen LogP contribution in [0.4, 0.5) is 4.79 Å². The number of furan rings is 1. The number of amides is 2. The molecule has 2 amide bonds. The van der Waals surface area contributed by atoms with E-state index < -0.39 is 0 Å². The number of para-hydroxylation sites is 1. The second-order valence-electron chi connectivity index (χ2n) is 7.73. The molecule has 0 bridgehead atoms. The fourth-order valence-electron chi connectivity index (χ4n) is 4.14. The highest BCUT2D eigenvalue weighted by Gasteiger charge is 2.26. The molecule has 1 fully saturated rings. The number of hydrogen-bond acceptors (Lipinski definition) is 3. The van der Waals surface area contributed by atoms with Crippen molar-refractivity contribution in [3.05, 3.63) is 60.2 Å². The number of hydrogen-bond donors (Lipinski definition) is 2. The molecule has 148 valence electrons. The number of aromatic amines is 1. The van der Waals surface area contributed by atoms with E-state index in [0.29, 0.717) is 12.5 Å². The largest absolute Gasteiger partial charge is 0.468 e. The average molecular weight is 380 g/mol. The number of carbonyl (C=O) groups is 1. The van der Waals surface area contributed by atoms with Gasteiger partial charge in [-0.15, -0.1) is 0 Å². The molecule has 0 aliphatic carbocycles. The third-order valence-electron chi connectivity index (χ3n) is 5.78. The van der Waals surface area contributed by atoms with E-state index in [0.717, 1.165) is 31.7 Å². The minimum absolute atomic E-state index is 0.00998. The summed E-state index contributed by atoms with van der Waals surface area (Å²) in [6.07, 6.45) is 5.79. The number of rotatable bonds is 5. The van der Waals surface area contributed by atoms with Crippen molar-refractivity contribution in [2.24, 2.45) is 0 Å². The highest BCUT2D eigenvalue weighted by molar-refractivity contribution is 5.83. The van der Waals surface area contributed by atoms with Gasteiger partial charge < -0.3 is 19.6 Å². The Labute approximate surface area is 165 Å². The van der Waals surface area contributed by atoms with Gasteiger partial charge in [0.25, 0.3) is 0 Å². The first-order chi connectivity index (χ1) is 13.6. The maximum atomic E-state index is 12.7. The first-order valence-corrected chi connectivity index (χ1v) is 9.92. The predicted molar refractivity (Wildman–Crippen MR) is 110 cm³/mol. The lowest BCUT2D eigenvalue weighted by molar-refractivity contribution is 0.175. The van der Waals surface area contributed by atoms with Crippen LogP contribution in [-0.2, 0) is 0 Å². The number of piperidine rings is 1. The van der Waals surface area contributed by atoms with Crippen LogP contribution in [0.2, 0.25) is 0 Å². The lowest BCUT2D eigenvalue weighted by Gasteiger charge is -2.33. The summed E-state index contributed by atoms with van der Waals surface area (Å²) >= 11 is 0. The summed E-state index contributed by atoms with van der Waals surface area (Å²) < 4.78 is 5.52. The van der Waals surface area contributed by atoms with E-state index in [1.807, 2.05) is 31.1 Å². The Bertz CT molecular complexity index is 908. The van der Waals surface area contributed by atoms with Crippen LogP contribution in [0.3, 0.4) is 0 Å². The number of benzene rings is 1. The minimum atomic E-state index is 0.00998. The molecule has 28 heavy (non-hydrogen) atoms. The number of urea groups is 1. The van der Waals surface area contributed by atoms with E-state index in [1.165, 1.54) is 16.5 Å². The summed E-state index contributed by atoms with van der Waals surface area (Å²) in [6, 6.07) is 12.3. The molecule has 1 unspecified atom stereocenters. The fraction of sp³-hybridized carbons (Fsp3) is 0.409. The smallest absolute Gasteiger partial charge is 0.317 e. The summed E-state index contributed by atoms with van der Waals surface area (Å²) in [6.45, 7) is 2.09. The topological polar surface area (TPSA) is 64.5 Å². The van der Waals surface area contributed by atoms with E-state index in [1.54, 1.807) is 6.26 Å². The van der Waals surface area contributed by atoms with Crippen molar-refractivity contribution < 1.29 is 9.21 Å². The molecule has 1 aliphatic heterocycles. The molecule has 2 aromatic heterocycles. The van der Waals surface area contributed by atoms with Crippen LogP contribution in [0.5, 0.6) is 0 Å². The van der Waals surface area contributed by atoms with Gasteiger partial charge in [-0.2, -0.15) is 0 Å². The highest BCUT2D eigenvalue weighted by atomic mass is 16.3. The number of H-pyrrole nitrogens is 1. The van der Waals surface area contributed by atoms with Crippen molar-refractivity contribution in [3.63, 3.8) is 0 Å². The van der Waals surface area contributed by atoms with Gasteiger partial charge in [0.15, 0.2) is 0 Å². The maximum Gasteiger partial charge on any atom is 0.317 e. The van der Waals surface area contributed by atoms with E-state index >= 15 is 0 Å². The van der Waals surface area contributed by atoms with Crippen LogP contribution in [0, 0.1) is 0 Å². The van der Waals surface area contributed by atoms with Gasteiger partial charge in [0.2, 0.25) is 0 Å². The molecule has 3 heterocycles. The van der Waals surface area contributed by atoms with Gasteiger partial charge in [-0.25, -0.2) is 4.79 Å². The number of carbonyl (C=O) groups excluding carboxylic acids is 1. The Hall–Kier alpha value is -2.73. The standard InChI is InChI=1S/C22H28N4O2/c1-25(2)20(21-8-5-13-28-21)15-24-22(27)26-11-9-16(10-12-26)18-14-23-19-7-4-3-6-17(18)19/h3-8,13-14,16,20,23H,9-12,15H2,1-2H3,(H,24,27). The molecule has 0 spiro atoms. The molecule has 3 aromatic rings. The molecular weight excluding hydrogens is 352 g/mol. The van der Waals surface area contributed by atoms with Crippen molar-refractivity contribution in [3.8, 4) is 0 Å². The number of nitrogens with zero attached hydrogens (tertiary/aromatic N) is 2. The third kappa shape index (κ3) is 3.78. The number of fused-ring (bicyclic) bond motifs is 1. The number of likely N-dealkylation sites (N-methyl/N-ethyl adjacent to an activating group) is 1. The van der Waals surface area contributed by atoms with Crippen molar-refractivity contribution in [2.75, 3.05) is 33.7 Å². The number of aromatic nitrogens is 1. The van der Waals surface area contributed by atoms with E-state index in [4.69, 9.17) is 4.42 Å². The van der Waals surface area contributed by atoms with Crippen LogP contribution >= 0.6 is 0 Å². The van der Waals surface area contributed by atoms with Crippen molar-refractivity contribution in [1.29, 1.82) is 0 Å². The molecule has 2 N–H and O–H groups in total. The highest BCUT2D eigenvalue weighted by Crippen LogP contribution is 2.33. The Balaban J connectivity index is 1.33. The van der Waals surface area contributed by atoms with Gasteiger partial charge in [0, 0.05) is 36.7 Å². The molecule has 0 saturated carbocycles. The monoisotopic (exact) mass is 380 g/mol. The third-order valence-corrected chi connectivity index (χ3v) is 5.78. The van der Waals surface area contributed by atoms with Crippen molar-refractivity contribution in [1.82, 2.24) is 20.1 Å². The SMILES string of the molecule is CN(C)C(CNC(=O)N1CCC(c2c[nH]c3ccccc23)CC1)c1ccco1. The van der Waals surface area contributed by atoms with Crippen molar-refractivity contribution in [2.45, 2.75) is 24.8 Å². The Morgan fingerprint density at radius 2 is 2.04 bits per heavy atom. The molecule has 1 saturated heterocycles. The van der Waals surface area contributed by atoms with Crippen LogP contribution in [0.1, 0.15) is 36.1 Å². The van der Waals surface area contributed by atoms with Crippen molar-refractivity contribution >= 4 is 16.9 Å². The van der Waals surface area contributed by atoms with Crippen LogP contribution in [-0.4, -0.2) is 54.5 Å². The van der Waals surface area contributed by atoms with E-state index in [2.05, 4.69) is 45.7 Å². The summed E-state index contributed by atoms with van der Waals surface area (Å²) in [5.74, 6) is 1.36. The number of likely N-dealkylation sites (tertiary alicyclic amines) is 1. The quantitative estimate of drug-likeness (QED) is 0.704. The van der Waals surface area contributed by atoms with Gasteiger partial charge in [-0.1, -0.05) is 18.2 Å². The second kappa shape index (κ2) is 8.10. The van der Waals surface area contributed by atoms with Crippen LogP contribution in [0.15, 0.2) is 53.3 Å². The molecular formula is C22H28N4O2. The summed E-state index contributed by atoms with van der Waals surface area (Å²) in [4.78, 5) is 20.0. The molecule has 0 radical (unpaired) electrons. The zero-order valence-corrected chi connectivity index (χ0v) is 16.5. The Kier molecular flexibility index (Phi) is 5.39. The van der Waals surface area contributed by atoms with Gasteiger partial charge in [0.05, 0.1) is 12.3 Å². The zero-order chi connectivity index (χ0) is 19.5. The van der Waals surface area contributed by atoms with E-state index in [-0.39, 0.29) is 12.1 Å². The predicted octanol–water partition coefficient (Wildman–Crippen LogP) is 3.95. The summed E-state index contributed by atoms with van der Waals surface area (Å²) in [5, 5.41) is 4.38. The lowest BCUT2D eigenvalue weighted by atomic mass is 9.89. The zero-order valence-electron chi connectivity index (χ0n) is 16.5. The summed E-state index contributed by atoms with van der Waals surface area (Å²) in [7, 11) is 3.98. The molecule has 6 nitrogen and oxygen atoms in total. The van der Waals surface area contributed by atoms with Gasteiger partial charge in [-0.05, 0) is 56.6 Å². The normalized spacial score (nSPS) is 16.6. The molecule has 4 rings (SSSR count). The fourth-order valence-corrected chi connectivity index (χ4v) is 4.14. The van der Waals surface area contributed by atoms with Gasteiger partial charge in [0.1, 0.15) is 5.76 Å². The first kappa shape index (κ1) is 18.6. The average Bonchev–Trinajstić information content (AvgIpc) is 3.38. The Morgan fingerprint density at radius 1 is 1.25 bits per heavy atom. The van der Waals surface area contributed by atoms with Gasteiger partial charge >= 0.3 is 6.03 Å². The lowest BCUT2D eigenvalue weighted by Crippen LogP contribution is -2.46.